The van der Waals surface area contributed by atoms with Crippen LogP contribution in [0.25, 0.3) is 0 Å². The van der Waals surface area contributed by atoms with Gasteiger partial charge in [-0.25, -0.2) is 17.5 Å². The highest BCUT2D eigenvalue weighted by Gasteiger charge is 2.20. The van der Waals surface area contributed by atoms with Crippen molar-refractivity contribution in [3.8, 4) is 0 Å². The molecule has 4 nitrogen and oxygen atoms in total. The molecular formula is C15H25FN2O2S. The third-order valence-corrected chi connectivity index (χ3v) is 5.11. The molecule has 0 saturated heterocycles. The summed E-state index contributed by atoms with van der Waals surface area (Å²) in [5.41, 5.74) is 0. The van der Waals surface area contributed by atoms with E-state index in [0.717, 1.165) is 38.5 Å². The van der Waals surface area contributed by atoms with Crippen molar-refractivity contribution in [2.24, 2.45) is 0 Å². The minimum Gasteiger partial charge on any atom is -0.304 e. The normalized spacial score (nSPS) is 13.6. The van der Waals surface area contributed by atoms with Crippen molar-refractivity contribution in [1.82, 2.24) is 9.62 Å². The summed E-state index contributed by atoms with van der Waals surface area (Å²) in [5.74, 6) is -0.722. The molecule has 1 aromatic rings. The lowest BCUT2D eigenvalue weighted by atomic mass is 10.2. The number of hydrogen-bond acceptors (Lipinski definition) is 3. The van der Waals surface area contributed by atoms with Crippen LogP contribution in [-0.2, 0) is 10.0 Å². The minimum absolute atomic E-state index is 0.217. The van der Waals surface area contributed by atoms with E-state index >= 15 is 0 Å². The predicted octanol–water partition coefficient (Wildman–Crippen LogP) is 2.61. The first-order chi connectivity index (χ1) is 9.90. The number of nitrogens with one attached hydrogen (secondary N) is 1. The van der Waals surface area contributed by atoms with Gasteiger partial charge in [-0.05, 0) is 51.5 Å². The summed E-state index contributed by atoms with van der Waals surface area (Å²) < 4.78 is 40.3. The summed E-state index contributed by atoms with van der Waals surface area (Å²) in [6, 6.07) is 5.20. The highest BCUT2D eigenvalue weighted by Crippen LogP contribution is 2.14. The maximum atomic E-state index is 13.6. The molecule has 0 fully saturated rings. The van der Waals surface area contributed by atoms with Crippen molar-refractivity contribution in [2.75, 3.05) is 19.6 Å². The summed E-state index contributed by atoms with van der Waals surface area (Å²) >= 11 is 0. The van der Waals surface area contributed by atoms with E-state index in [-0.39, 0.29) is 10.9 Å². The van der Waals surface area contributed by atoms with Gasteiger partial charge in [-0.2, -0.15) is 0 Å². The second-order valence-electron chi connectivity index (χ2n) is 5.12. The molecule has 0 bridgehead atoms. The molecule has 21 heavy (non-hydrogen) atoms. The fourth-order valence-electron chi connectivity index (χ4n) is 2.21. The molecule has 0 heterocycles. The number of hydrogen-bond donors (Lipinski definition) is 1. The molecule has 1 N–H and O–H groups in total. The van der Waals surface area contributed by atoms with Crippen LogP contribution in [0, 0.1) is 5.82 Å². The Hall–Kier alpha value is -0.980. The first-order valence-corrected chi connectivity index (χ1v) is 8.88. The van der Waals surface area contributed by atoms with Crippen LogP contribution in [0.2, 0.25) is 0 Å². The molecule has 0 aliphatic heterocycles. The molecule has 0 aliphatic rings. The Morgan fingerprint density at radius 3 is 2.43 bits per heavy atom. The van der Waals surface area contributed by atoms with E-state index in [1.54, 1.807) is 6.92 Å². The standard InChI is InChI=1S/C15H25FN2O2S/c1-4-18(5-2)12-8-9-13(3)17-21(19,20)15-11-7-6-10-14(15)16/h6-7,10-11,13,17H,4-5,8-9,12H2,1-3H3. The average molecular weight is 316 g/mol. The van der Waals surface area contributed by atoms with E-state index in [1.807, 2.05) is 0 Å². The number of sulfonamides is 1. The van der Waals surface area contributed by atoms with Gasteiger partial charge < -0.3 is 4.90 Å². The van der Waals surface area contributed by atoms with Gasteiger partial charge in [-0.3, -0.25) is 0 Å². The molecule has 1 unspecified atom stereocenters. The molecule has 120 valence electrons. The molecule has 6 heteroatoms. The zero-order valence-electron chi connectivity index (χ0n) is 13.0. The summed E-state index contributed by atoms with van der Waals surface area (Å²) in [6.07, 6.45) is 1.63. The first-order valence-electron chi connectivity index (χ1n) is 7.40. The van der Waals surface area contributed by atoms with E-state index < -0.39 is 15.8 Å². The molecule has 0 radical (unpaired) electrons. The molecule has 0 aromatic heterocycles. The van der Waals surface area contributed by atoms with Crippen molar-refractivity contribution in [3.63, 3.8) is 0 Å². The highest BCUT2D eigenvalue weighted by atomic mass is 32.2. The second kappa shape index (κ2) is 8.46. The van der Waals surface area contributed by atoms with Crippen LogP contribution in [0.3, 0.4) is 0 Å². The Bertz CT molecular complexity index is 530. The zero-order chi connectivity index (χ0) is 15.9. The Labute approximate surface area is 127 Å². The largest absolute Gasteiger partial charge is 0.304 e. The summed E-state index contributed by atoms with van der Waals surface area (Å²) in [6.45, 7) is 8.94. The third-order valence-electron chi connectivity index (χ3n) is 3.49. The highest BCUT2D eigenvalue weighted by molar-refractivity contribution is 7.89. The van der Waals surface area contributed by atoms with E-state index in [9.17, 15) is 12.8 Å². The van der Waals surface area contributed by atoms with Crippen LogP contribution in [0.1, 0.15) is 33.6 Å². The van der Waals surface area contributed by atoms with E-state index in [2.05, 4.69) is 23.5 Å². The van der Waals surface area contributed by atoms with Gasteiger partial charge in [-0.15, -0.1) is 0 Å². The van der Waals surface area contributed by atoms with Gasteiger partial charge in [-0.1, -0.05) is 26.0 Å². The van der Waals surface area contributed by atoms with Crippen LogP contribution in [0.4, 0.5) is 4.39 Å². The fraction of sp³-hybridized carbons (Fsp3) is 0.600. The van der Waals surface area contributed by atoms with Crippen molar-refractivity contribution in [3.05, 3.63) is 30.1 Å². The van der Waals surface area contributed by atoms with Crippen LogP contribution in [0.15, 0.2) is 29.2 Å². The molecule has 0 spiro atoms. The topological polar surface area (TPSA) is 49.4 Å². The quantitative estimate of drug-likeness (QED) is 0.762. The lowest BCUT2D eigenvalue weighted by molar-refractivity contribution is 0.293. The van der Waals surface area contributed by atoms with Crippen LogP contribution in [0.5, 0.6) is 0 Å². The lowest BCUT2D eigenvalue weighted by Crippen LogP contribution is -2.34. The van der Waals surface area contributed by atoms with Gasteiger partial charge in [0.1, 0.15) is 10.7 Å². The lowest BCUT2D eigenvalue weighted by Gasteiger charge is -2.19. The minimum atomic E-state index is -3.79. The Morgan fingerprint density at radius 2 is 1.86 bits per heavy atom. The number of benzene rings is 1. The van der Waals surface area contributed by atoms with E-state index in [4.69, 9.17) is 0 Å². The zero-order valence-corrected chi connectivity index (χ0v) is 13.8. The van der Waals surface area contributed by atoms with Crippen molar-refractivity contribution >= 4 is 10.0 Å². The second-order valence-corrected chi connectivity index (χ2v) is 6.80. The maximum Gasteiger partial charge on any atom is 0.243 e. The summed E-state index contributed by atoms with van der Waals surface area (Å²) in [5, 5.41) is 0. The monoisotopic (exact) mass is 316 g/mol. The molecular weight excluding hydrogens is 291 g/mol. The molecule has 0 saturated carbocycles. The van der Waals surface area contributed by atoms with E-state index in [1.165, 1.54) is 18.2 Å². The maximum absolute atomic E-state index is 13.6. The first kappa shape index (κ1) is 18.1. The van der Waals surface area contributed by atoms with E-state index in [0.29, 0.717) is 0 Å². The van der Waals surface area contributed by atoms with Crippen LogP contribution >= 0.6 is 0 Å². The van der Waals surface area contributed by atoms with Gasteiger partial charge in [0.2, 0.25) is 10.0 Å². The summed E-state index contributed by atoms with van der Waals surface area (Å²) in [4.78, 5) is 2.00. The van der Waals surface area contributed by atoms with Crippen LogP contribution in [-0.4, -0.2) is 39.0 Å². The SMILES string of the molecule is CCN(CC)CCCC(C)NS(=O)(=O)c1ccccc1F. The number of halogens is 1. The number of rotatable bonds is 9. The van der Waals surface area contributed by atoms with Gasteiger partial charge in [0, 0.05) is 6.04 Å². The predicted molar refractivity (Wildman–Crippen MR) is 83.2 cm³/mol. The third kappa shape index (κ3) is 5.73. The van der Waals surface area contributed by atoms with Gasteiger partial charge >= 0.3 is 0 Å². The Morgan fingerprint density at radius 1 is 1.24 bits per heavy atom. The van der Waals surface area contributed by atoms with Crippen molar-refractivity contribution in [2.45, 2.75) is 44.6 Å². The molecule has 0 amide bonds. The summed E-state index contributed by atoms with van der Waals surface area (Å²) in [7, 11) is -3.79. The van der Waals surface area contributed by atoms with Gasteiger partial charge in [0.05, 0.1) is 0 Å². The van der Waals surface area contributed by atoms with Crippen molar-refractivity contribution < 1.29 is 12.8 Å². The van der Waals surface area contributed by atoms with Crippen LogP contribution < -0.4 is 4.72 Å². The fourth-order valence-corrected chi connectivity index (χ4v) is 3.57. The Kier molecular flexibility index (Phi) is 7.28. The van der Waals surface area contributed by atoms with Gasteiger partial charge in [0.25, 0.3) is 0 Å². The molecule has 1 aromatic carbocycles. The molecule has 1 atom stereocenters. The Balaban J connectivity index is 2.54. The average Bonchev–Trinajstić information content (AvgIpc) is 2.43. The number of nitrogens with zero attached hydrogens (tertiary/aromatic N) is 1. The molecule has 1 rings (SSSR count). The molecule has 0 aliphatic carbocycles. The smallest absolute Gasteiger partial charge is 0.243 e. The van der Waals surface area contributed by atoms with Gasteiger partial charge in [0.15, 0.2) is 0 Å². The van der Waals surface area contributed by atoms with Crippen molar-refractivity contribution in [1.29, 1.82) is 0 Å².